The third kappa shape index (κ3) is 5.56. The first-order valence-electron chi connectivity index (χ1n) is 9.81. The van der Waals surface area contributed by atoms with E-state index in [2.05, 4.69) is 29.0 Å². The zero-order chi connectivity index (χ0) is 20.0. The summed E-state index contributed by atoms with van der Waals surface area (Å²) in [6.07, 6.45) is 1.01. The number of hydrogen-bond donors (Lipinski definition) is 2. The van der Waals surface area contributed by atoms with E-state index in [4.69, 9.17) is 9.47 Å². The van der Waals surface area contributed by atoms with Crippen LogP contribution in [0.25, 0.3) is 0 Å². The molecular weight excluding hydrogens is 346 g/mol. The predicted molar refractivity (Wildman–Crippen MR) is 104 cm³/mol. The molecule has 2 heterocycles. The van der Waals surface area contributed by atoms with Gasteiger partial charge >= 0.3 is 5.97 Å². The van der Waals surface area contributed by atoms with Crippen molar-refractivity contribution in [1.29, 1.82) is 0 Å². The summed E-state index contributed by atoms with van der Waals surface area (Å²) in [5.74, 6) is -0.0402. The highest BCUT2D eigenvalue weighted by molar-refractivity contribution is 6.00. The average molecular weight is 380 g/mol. The van der Waals surface area contributed by atoms with E-state index in [1.807, 2.05) is 0 Å². The van der Waals surface area contributed by atoms with Gasteiger partial charge in [-0.2, -0.15) is 0 Å². The second-order valence-corrected chi connectivity index (χ2v) is 7.49. The van der Waals surface area contributed by atoms with Gasteiger partial charge in [0.05, 0.1) is 25.4 Å². The summed E-state index contributed by atoms with van der Waals surface area (Å²) in [7, 11) is 0. The lowest BCUT2D eigenvalue weighted by atomic mass is 10.0. The van der Waals surface area contributed by atoms with Gasteiger partial charge in [0, 0.05) is 31.4 Å². The molecule has 2 N–H and O–H groups in total. The van der Waals surface area contributed by atoms with E-state index >= 15 is 0 Å². The minimum absolute atomic E-state index is 0.187. The monoisotopic (exact) mass is 379 g/mol. The SMILES string of the molecule is CCOC(=O)c1c(C)[nH]c(C(=O)NC[C@H](CC(C)C)N2CCOCC2)c1C. The van der Waals surface area contributed by atoms with E-state index in [1.165, 1.54) is 0 Å². The largest absolute Gasteiger partial charge is 0.462 e. The van der Waals surface area contributed by atoms with Gasteiger partial charge in [-0.05, 0) is 38.7 Å². The maximum Gasteiger partial charge on any atom is 0.340 e. The van der Waals surface area contributed by atoms with Gasteiger partial charge in [0.25, 0.3) is 5.91 Å². The Balaban J connectivity index is 2.06. The van der Waals surface area contributed by atoms with Crippen LogP contribution in [0.1, 0.15) is 59.3 Å². The number of esters is 1. The summed E-state index contributed by atoms with van der Waals surface area (Å²) in [4.78, 5) is 30.3. The van der Waals surface area contributed by atoms with Crippen LogP contribution in [0.5, 0.6) is 0 Å². The van der Waals surface area contributed by atoms with Gasteiger partial charge in [-0.3, -0.25) is 9.69 Å². The highest BCUT2D eigenvalue weighted by Gasteiger charge is 2.25. The Kier molecular flexibility index (Phi) is 7.86. The number of nitrogens with one attached hydrogen (secondary N) is 2. The molecule has 2 rings (SSSR count). The van der Waals surface area contributed by atoms with Gasteiger partial charge < -0.3 is 19.8 Å². The van der Waals surface area contributed by atoms with Crippen molar-refractivity contribution in [3.8, 4) is 0 Å². The van der Waals surface area contributed by atoms with Crippen molar-refractivity contribution in [2.24, 2.45) is 5.92 Å². The van der Waals surface area contributed by atoms with Gasteiger partial charge in [0.2, 0.25) is 0 Å². The molecule has 0 saturated carbocycles. The average Bonchev–Trinajstić information content (AvgIpc) is 2.93. The second-order valence-electron chi connectivity index (χ2n) is 7.49. The van der Waals surface area contributed by atoms with Crippen LogP contribution in [0.2, 0.25) is 0 Å². The van der Waals surface area contributed by atoms with Crippen LogP contribution in [0.3, 0.4) is 0 Å². The summed E-state index contributed by atoms with van der Waals surface area (Å²) in [5.41, 5.74) is 2.17. The molecule has 0 aliphatic carbocycles. The van der Waals surface area contributed by atoms with Crippen LogP contribution in [0.15, 0.2) is 0 Å². The van der Waals surface area contributed by atoms with Crippen LogP contribution < -0.4 is 5.32 Å². The number of aromatic nitrogens is 1. The van der Waals surface area contributed by atoms with E-state index in [0.717, 1.165) is 32.7 Å². The summed E-state index contributed by atoms with van der Waals surface area (Å²) in [6, 6.07) is 0.277. The fourth-order valence-corrected chi connectivity index (χ4v) is 3.63. The van der Waals surface area contributed by atoms with Gasteiger partial charge in [0.15, 0.2) is 0 Å². The second kappa shape index (κ2) is 9.90. The number of hydrogen-bond acceptors (Lipinski definition) is 5. The summed E-state index contributed by atoms with van der Waals surface area (Å²) < 4.78 is 10.5. The van der Waals surface area contributed by atoms with E-state index < -0.39 is 5.97 Å². The number of rotatable bonds is 8. The molecule has 1 atom stereocenters. The molecule has 1 amide bonds. The molecule has 1 aliphatic rings. The topological polar surface area (TPSA) is 83.7 Å². The highest BCUT2D eigenvalue weighted by Crippen LogP contribution is 2.19. The number of carbonyl (C=O) groups is 2. The normalized spacial score (nSPS) is 16.4. The van der Waals surface area contributed by atoms with Crippen molar-refractivity contribution in [3.05, 3.63) is 22.5 Å². The molecule has 1 aliphatic heterocycles. The first-order chi connectivity index (χ1) is 12.8. The van der Waals surface area contributed by atoms with E-state index in [1.54, 1.807) is 20.8 Å². The molecule has 0 radical (unpaired) electrons. The summed E-state index contributed by atoms with van der Waals surface area (Å²) in [6.45, 7) is 13.8. The van der Waals surface area contributed by atoms with Crippen molar-refractivity contribution >= 4 is 11.9 Å². The van der Waals surface area contributed by atoms with Crippen LogP contribution >= 0.6 is 0 Å². The Labute approximate surface area is 161 Å². The fourth-order valence-electron chi connectivity index (χ4n) is 3.63. The smallest absolute Gasteiger partial charge is 0.340 e. The molecular formula is C20H33N3O4. The van der Waals surface area contributed by atoms with Crippen molar-refractivity contribution in [1.82, 2.24) is 15.2 Å². The Hall–Kier alpha value is -1.86. The maximum absolute atomic E-state index is 12.7. The lowest BCUT2D eigenvalue weighted by Gasteiger charge is -2.35. The molecule has 1 aromatic rings. The fraction of sp³-hybridized carbons (Fsp3) is 0.700. The van der Waals surface area contributed by atoms with Gasteiger partial charge in [-0.15, -0.1) is 0 Å². The number of amides is 1. The molecule has 7 nitrogen and oxygen atoms in total. The quantitative estimate of drug-likeness (QED) is 0.677. The van der Waals surface area contributed by atoms with Crippen molar-refractivity contribution in [3.63, 3.8) is 0 Å². The van der Waals surface area contributed by atoms with E-state index in [9.17, 15) is 9.59 Å². The third-order valence-corrected chi connectivity index (χ3v) is 4.95. The Bertz CT molecular complexity index is 648. The lowest BCUT2D eigenvalue weighted by molar-refractivity contribution is 0.0124. The standard InChI is InChI=1S/C20H33N3O4/c1-6-27-20(25)17-14(4)18(22-15(17)5)19(24)21-12-16(11-13(2)3)23-7-9-26-10-8-23/h13,16,22H,6-12H2,1-5H3,(H,21,24)/t16-/m0/s1. The van der Waals surface area contributed by atoms with Crippen LogP contribution in [-0.4, -0.2) is 67.3 Å². The number of aromatic amines is 1. The number of aryl methyl sites for hydroxylation is 1. The summed E-state index contributed by atoms with van der Waals surface area (Å²) >= 11 is 0. The zero-order valence-corrected chi connectivity index (χ0v) is 17.2. The van der Waals surface area contributed by atoms with Crippen molar-refractivity contribution in [2.75, 3.05) is 39.5 Å². The molecule has 0 spiro atoms. The van der Waals surface area contributed by atoms with Crippen molar-refractivity contribution in [2.45, 2.75) is 47.1 Å². The molecule has 1 fully saturated rings. The minimum atomic E-state index is -0.395. The highest BCUT2D eigenvalue weighted by atomic mass is 16.5. The zero-order valence-electron chi connectivity index (χ0n) is 17.2. The molecule has 0 aromatic carbocycles. The Morgan fingerprint density at radius 2 is 1.93 bits per heavy atom. The van der Waals surface area contributed by atoms with Gasteiger partial charge in [-0.1, -0.05) is 13.8 Å². The number of H-pyrrole nitrogens is 1. The molecule has 27 heavy (non-hydrogen) atoms. The number of nitrogens with zero attached hydrogens (tertiary/aromatic N) is 1. The van der Waals surface area contributed by atoms with Gasteiger partial charge in [0.1, 0.15) is 5.69 Å². The van der Waals surface area contributed by atoms with Crippen LogP contribution in [0.4, 0.5) is 0 Å². The van der Waals surface area contributed by atoms with Crippen LogP contribution in [-0.2, 0) is 9.47 Å². The Morgan fingerprint density at radius 1 is 1.26 bits per heavy atom. The van der Waals surface area contributed by atoms with E-state index in [-0.39, 0.29) is 11.9 Å². The first-order valence-corrected chi connectivity index (χ1v) is 9.81. The Morgan fingerprint density at radius 3 is 2.52 bits per heavy atom. The third-order valence-electron chi connectivity index (χ3n) is 4.95. The molecule has 1 aromatic heterocycles. The van der Waals surface area contributed by atoms with E-state index in [0.29, 0.717) is 41.6 Å². The number of ether oxygens (including phenoxy) is 2. The predicted octanol–water partition coefficient (Wildman–Crippen LogP) is 2.28. The molecule has 152 valence electrons. The number of morpholine rings is 1. The molecule has 0 bridgehead atoms. The molecule has 7 heteroatoms. The molecule has 0 unspecified atom stereocenters. The van der Waals surface area contributed by atoms with Crippen molar-refractivity contribution < 1.29 is 19.1 Å². The minimum Gasteiger partial charge on any atom is -0.462 e. The maximum atomic E-state index is 12.7. The number of carbonyl (C=O) groups excluding carboxylic acids is 2. The van der Waals surface area contributed by atoms with Gasteiger partial charge in [-0.25, -0.2) is 4.79 Å². The summed E-state index contributed by atoms with van der Waals surface area (Å²) in [5, 5.41) is 3.05. The van der Waals surface area contributed by atoms with Crippen LogP contribution in [0, 0.1) is 19.8 Å². The first kappa shape index (κ1) is 21.4. The lowest BCUT2D eigenvalue weighted by Crippen LogP contribution is -2.49. The molecule has 1 saturated heterocycles.